The molecule has 2 saturated heterocycles. The molecule has 0 aromatic carbocycles. The zero-order valence-electron chi connectivity index (χ0n) is 6.39. The van der Waals surface area contributed by atoms with Gasteiger partial charge in [-0.05, 0) is 7.05 Å². The Bertz CT molecular complexity index is 116. The lowest BCUT2D eigenvalue weighted by atomic mass is 9.90. The maximum atomic E-state index is 5.39. The second kappa shape index (κ2) is 2.19. The monoisotopic (exact) mass is 142 g/mol. The highest BCUT2D eigenvalue weighted by Crippen LogP contribution is 2.20. The summed E-state index contributed by atoms with van der Waals surface area (Å²) in [5.74, 6) is 0. The van der Waals surface area contributed by atoms with Crippen LogP contribution in [0.4, 0.5) is 0 Å². The molecule has 2 aliphatic rings. The number of nitrogens with one attached hydrogen (secondary N) is 1. The van der Waals surface area contributed by atoms with Crippen molar-refractivity contribution in [2.75, 3.05) is 39.9 Å². The van der Waals surface area contributed by atoms with Gasteiger partial charge in [0.1, 0.15) is 0 Å². The molecule has 0 radical (unpaired) electrons. The number of hydrogen-bond acceptors (Lipinski definition) is 3. The number of morpholine rings is 1. The average Bonchev–Trinajstić information content (AvgIpc) is 1.87. The average molecular weight is 142 g/mol. The smallest absolute Gasteiger partial charge is 0.0674 e. The molecule has 2 heterocycles. The van der Waals surface area contributed by atoms with Gasteiger partial charge in [0, 0.05) is 19.6 Å². The van der Waals surface area contributed by atoms with Gasteiger partial charge >= 0.3 is 0 Å². The zero-order chi connectivity index (χ0) is 7.03. The fraction of sp³-hybridized carbons (Fsp3) is 1.00. The molecule has 3 heteroatoms. The van der Waals surface area contributed by atoms with E-state index >= 15 is 0 Å². The van der Waals surface area contributed by atoms with Crippen LogP contribution in [0.1, 0.15) is 0 Å². The number of likely N-dealkylation sites (tertiary alicyclic amines) is 1. The fourth-order valence-electron chi connectivity index (χ4n) is 1.90. The van der Waals surface area contributed by atoms with E-state index in [4.69, 9.17) is 4.74 Å². The minimum Gasteiger partial charge on any atom is -0.378 e. The molecule has 2 fully saturated rings. The minimum atomic E-state index is 0.326. The largest absolute Gasteiger partial charge is 0.378 e. The van der Waals surface area contributed by atoms with Gasteiger partial charge in [0.2, 0.25) is 0 Å². The fourth-order valence-corrected chi connectivity index (χ4v) is 1.90. The Kier molecular flexibility index (Phi) is 1.44. The Morgan fingerprint density at radius 1 is 1.50 bits per heavy atom. The molecule has 2 rings (SSSR count). The number of rotatable bonds is 0. The third kappa shape index (κ3) is 0.944. The summed E-state index contributed by atoms with van der Waals surface area (Å²) in [4.78, 5) is 2.31. The Hall–Kier alpha value is -0.120. The molecule has 0 bridgehead atoms. The van der Waals surface area contributed by atoms with Crippen molar-refractivity contribution in [2.45, 2.75) is 5.54 Å². The first-order chi connectivity index (χ1) is 4.81. The van der Waals surface area contributed by atoms with Gasteiger partial charge in [-0.25, -0.2) is 0 Å². The quantitative estimate of drug-likeness (QED) is 0.483. The Morgan fingerprint density at radius 2 is 2.30 bits per heavy atom. The van der Waals surface area contributed by atoms with Crippen LogP contribution in [0.2, 0.25) is 0 Å². The van der Waals surface area contributed by atoms with Gasteiger partial charge in [-0.2, -0.15) is 0 Å². The highest BCUT2D eigenvalue weighted by Gasteiger charge is 2.42. The standard InChI is InChI=1S/C7H14N2O/c1-9-4-7(5-9)6-10-3-2-8-7/h8H,2-6H2,1H3. The van der Waals surface area contributed by atoms with Crippen LogP contribution in [-0.4, -0.2) is 50.3 Å². The van der Waals surface area contributed by atoms with Crippen molar-refractivity contribution in [1.29, 1.82) is 0 Å². The van der Waals surface area contributed by atoms with Crippen LogP contribution in [0.15, 0.2) is 0 Å². The van der Waals surface area contributed by atoms with Gasteiger partial charge < -0.3 is 15.0 Å². The maximum Gasteiger partial charge on any atom is 0.0674 e. The first-order valence-corrected chi connectivity index (χ1v) is 3.82. The van der Waals surface area contributed by atoms with E-state index in [9.17, 15) is 0 Å². The molecule has 0 amide bonds. The van der Waals surface area contributed by atoms with Crippen molar-refractivity contribution in [3.05, 3.63) is 0 Å². The topological polar surface area (TPSA) is 24.5 Å². The van der Waals surface area contributed by atoms with Crippen LogP contribution < -0.4 is 5.32 Å². The molecule has 3 nitrogen and oxygen atoms in total. The van der Waals surface area contributed by atoms with Crippen LogP contribution in [0.25, 0.3) is 0 Å². The van der Waals surface area contributed by atoms with Crippen molar-refractivity contribution in [3.8, 4) is 0 Å². The lowest BCUT2D eigenvalue weighted by molar-refractivity contribution is -0.0482. The molecular weight excluding hydrogens is 128 g/mol. The van der Waals surface area contributed by atoms with E-state index < -0.39 is 0 Å². The normalized spacial score (nSPS) is 32.1. The molecule has 0 atom stereocenters. The summed E-state index contributed by atoms with van der Waals surface area (Å²) in [5, 5.41) is 3.50. The first-order valence-electron chi connectivity index (χ1n) is 3.82. The predicted molar refractivity (Wildman–Crippen MR) is 39.0 cm³/mol. The van der Waals surface area contributed by atoms with Crippen LogP contribution in [0.3, 0.4) is 0 Å². The predicted octanol–water partition coefficient (Wildman–Crippen LogP) is -0.710. The van der Waals surface area contributed by atoms with Crippen molar-refractivity contribution in [3.63, 3.8) is 0 Å². The Balaban J connectivity index is 1.90. The number of likely N-dealkylation sites (N-methyl/N-ethyl adjacent to an activating group) is 1. The second-order valence-corrected chi connectivity index (χ2v) is 3.43. The van der Waals surface area contributed by atoms with Crippen molar-refractivity contribution < 1.29 is 4.74 Å². The van der Waals surface area contributed by atoms with Gasteiger partial charge in [0.25, 0.3) is 0 Å². The van der Waals surface area contributed by atoms with Crippen LogP contribution in [0, 0.1) is 0 Å². The molecular formula is C7H14N2O. The van der Waals surface area contributed by atoms with Crippen molar-refractivity contribution in [2.24, 2.45) is 0 Å². The van der Waals surface area contributed by atoms with Crippen LogP contribution >= 0.6 is 0 Å². The minimum absolute atomic E-state index is 0.326. The number of hydrogen-bond donors (Lipinski definition) is 1. The SMILES string of the molecule is CN1CC2(COCCN2)C1. The second-order valence-electron chi connectivity index (χ2n) is 3.43. The molecule has 1 spiro atoms. The summed E-state index contributed by atoms with van der Waals surface area (Å²) in [6.45, 7) is 5.09. The van der Waals surface area contributed by atoms with E-state index in [0.29, 0.717) is 5.54 Å². The summed E-state index contributed by atoms with van der Waals surface area (Å²) in [6.07, 6.45) is 0. The Labute approximate surface area is 61.3 Å². The molecule has 58 valence electrons. The highest BCUT2D eigenvalue weighted by atomic mass is 16.5. The lowest BCUT2D eigenvalue weighted by Crippen LogP contribution is -2.72. The molecule has 1 N–H and O–H groups in total. The van der Waals surface area contributed by atoms with E-state index in [1.165, 1.54) is 0 Å². The molecule has 0 aromatic heterocycles. The summed E-state index contributed by atoms with van der Waals surface area (Å²) in [7, 11) is 2.14. The molecule has 10 heavy (non-hydrogen) atoms. The molecule has 0 aromatic rings. The lowest BCUT2D eigenvalue weighted by Gasteiger charge is -2.50. The van der Waals surface area contributed by atoms with Gasteiger partial charge in [0.15, 0.2) is 0 Å². The molecule has 2 aliphatic heterocycles. The first kappa shape index (κ1) is 6.58. The van der Waals surface area contributed by atoms with Crippen molar-refractivity contribution >= 4 is 0 Å². The summed E-state index contributed by atoms with van der Waals surface area (Å²) >= 11 is 0. The van der Waals surface area contributed by atoms with E-state index in [-0.39, 0.29) is 0 Å². The maximum absolute atomic E-state index is 5.39. The van der Waals surface area contributed by atoms with Gasteiger partial charge in [-0.15, -0.1) is 0 Å². The van der Waals surface area contributed by atoms with Crippen LogP contribution in [0.5, 0.6) is 0 Å². The summed E-state index contributed by atoms with van der Waals surface area (Å²) < 4.78 is 5.39. The van der Waals surface area contributed by atoms with Crippen LogP contribution in [-0.2, 0) is 4.74 Å². The molecule has 0 unspecified atom stereocenters. The number of nitrogens with zero attached hydrogens (tertiary/aromatic N) is 1. The van der Waals surface area contributed by atoms with Gasteiger partial charge in [-0.3, -0.25) is 0 Å². The van der Waals surface area contributed by atoms with E-state index in [0.717, 1.165) is 32.8 Å². The van der Waals surface area contributed by atoms with E-state index in [1.54, 1.807) is 0 Å². The summed E-state index contributed by atoms with van der Waals surface area (Å²) in [5.41, 5.74) is 0.326. The molecule has 0 saturated carbocycles. The zero-order valence-corrected chi connectivity index (χ0v) is 6.39. The molecule has 0 aliphatic carbocycles. The highest BCUT2D eigenvalue weighted by molar-refractivity contribution is 5.02. The number of ether oxygens (including phenoxy) is 1. The summed E-state index contributed by atoms with van der Waals surface area (Å²) in [6, 6.07) is 0. The Morgan fingerprint density at radius 3 is 2.80 bits per heavy atom. The van der Waals surface area contributed by atoms with Crippen molar-refractivity contribution in [1.82, 2.24) is 10.2 Å². The third-order valence-electron chi connectivity index (χ3n) is 2.27. The third-order valence-corrected chi connectivity index (χ3v) is 2.27. The van der Waals surface area contributed by atoms with Gasteiger partial charge in [0.05, 0.1) is 18.8 Å². The van der Waals surface area contributed by atoms with E-state index in [2.05, 4.69) is 17.3 Å². The van der Waals surface area contributed by atoms with E-state index in [1.807, 2.05) is 0 Å². The van der Waals surface area contributed by atoms with Gasteiger partial charge in [-0.1, -0.05) is 0 Å².